The fraction of sp³-hybridized carbons (Fsp3) is 0. The van der Waals surface area contributed by atoms with Crippen LogP contribution in [0.15, 0.2) is 6.07 Å². The van der Waals surface area contributed by atoms with Crippen molar-refractivity contribution >= 4 is 17.6 Å². The highest BCUT2D eigenvalue weighted by Crippen LogP contribution is 2.25. The largest absolute Gasteiger partial charge is 0.478 e. The molecule has 0 aromatic heterocycles. The minimum Gasteiger partial charge on any atom is -0.478 e. The summed E-state index contributed by atoms with van der Waals surface area (Å²) in [6, 6.07) is 1.72. The topological polar surface area (TPSA) is 61.1 Å². The molecule has 0 radical (unpaired) electrons. The molecule has 0 spiro atoms. The van der Waals surface area contributed by atoms with Crippen LogP contribution in [-0.4, -0.2) is 11.1 Å². The molecule has 0 saturated carbocycles. The second kappa shape index (κ2) is 3.60. The van der Waals surface area contributed by atoms with E-state index >= 15 is 0 Å². The van der Waals surface area contributed by atoms with Gasteiger partial charge in [-0.3, -0.25) is 0 Å². The summed E-state index contributed by atoms with van der Waals surface area (Å²) < 4.78 is 26.0. The first-order valence-electron chi connectivity index (χ1n) is 3.30. The molecule has 14 heavy (non-hydrogen) atoms. The van der Waals surface area contributed by atoms with E-state index in [1.165, 1.54) is 6.07 Å². The third-order valence-corrected chi connectivity index (χ3v) is 1.87. The van der Waals surface area contributed by atoms with Gasteiger partial charge in [-0.1, -0.05) is 11.6 Å². The van der Waals surface area contributed by atoms with Crippen molar-refractivity contribution in [2.45, 2.75) is 0 Å². The number of nitriles is 1. The van der Waals surface area contributed by atoms with Crippen LogP contribution in [0.2, 0.25) is 5.02 Å². The number of carboxylic acids is 1. The molecule has 0 unspecified atom stereocenters. The van der Waals surface area contributed by atoms with Crippen LogP contribution in [0.4, 0.5) is 8.78 Å². The Morgan fingerprint density at radius 3 is 2.57 bits per heavy atom. The van der Waals surface area contributed by atoms with E-state index in [0.29, 0.717) is 6.07 Å². The summed E-state index contributed by atoms with van der Waals surface area (Å²) in [5.74, 6) is -4.12. The second-order valence-electron chi connectivity index (χ2n) is 2.33. The van der Waals surface area contributed by atoms with Gasteiger partial charge in [-0.2, -0.15) is 5.26 Å². The molecule has 1 rings (SSSR count). The van der Waals surface area contributed by atoms with Crippen LogP contribution >= 0.6 is 11.6 Å². The number of halogens is 3. The molecule has 1 aromatic rings. The van der Waals surface area contributed by atoms with Crippen LogP contribution in [0.3, 0.4) is 0 Å². The average Bonchev–Trinajstić information content (AvgIpc) is 2.12. The first-order valence-corrected chi connectivity index (χ1v) is 3.67. The first kappa shape index (κ1) is 10.4. The highest BCUT2D eigenvalue weighted by molar-refractivity contribution is 6.32. The predicted octanol–water partition coefficient (Wildman–Crippen LogP) is 2.19. The lowest BCUT2D eigenvalue weighted by Gasteiger charge is -2.02. The van der Waals surface area contributed by atoms with Crippen LogP contribution in [-0.2, 0) is 0 Å². The summed E-state index contributed by atoms with van der Waals surface area (Å²) in [6.45, 7) is 0. The van der Waals surface area contributed by atoms with Gasteiger partial charge in [0.15, 0.2) is 5.82 Å². The number of hydrogen-bond acceptors (Lipinski definition) is 2. The summed E-state index contributed by atoms with van der Waals surface area (Å²) in [5, 5.41) is 16.1. The fourth-order valence-electron chi connectivity index (χ4n) is 0.858. The lowest BCUT2D eigenvalue weighted by molar-refractivity contribution is 0.0691. The van der Waals surface area contributed by atoms with E-state index in [2.05, 4.69) is 0 Å². The molecule has 72 valence electrons. The minimum atomic E-state index is -1.66. The Bertz CT molecular complexity index is 454. The number of carboxylic acid groups (broad SMARTS) is 1. The van der Waals surface area contributed by atoms with E-state index in [0.717, 1.165) is 0 Å². The highest BCUT2D eigenvalue weighted by Gasteiger charge is 2.20. The van der Waals surface area contributed by atoms with Crippen molar-refractivity contribution < 1.29 is 18.7 Å². The average molecular weight is 218 g/mol. The minimum absolute atomic E-state index is 0.431. The maximum absolute atomic E-state index is 13.1. The van der Waals surface area contributed by atoms with Crippen LogP contribution in [0.5, 0.6) is 0 Å². The Labute approximate surface area is 82.1 Å². The van der Waals surface area contributed by atoms with Gasteiger partial charge in [0.25, 0.3) is 0 Å². The molecule has 0 saturated heterocycles. The van der Waals surface area contributed by atoms with E-state index < -0.39 is 33.8 Å². The smallest absolute Gasteiger partial charge is 0.338 e. The molecule has 6 heteroatoms. The summed E-state index contributed by atoms with van der Waals surface area (Å²) in [7, 11) is 0. The van der Waals surface area contributed by atoms with Gasteiger partial charge in [0, 0.05) is 0 Å². The van der Waals surface area contributed by atoms with E-state index in [4.69, 9.17) is 22.0 Å². The standard InChI is InChI=1S/C8H2ClF2NO2/c9-6-4(2-12)7(11)3(8(13)14)1-5(6)10/h1H,(H,13,14). The van der Waals surface area contributed by atoms with E-state index in [9.17, 15) is 13.6 Å². The molecule has 0 heterocycles. The van der Waals surface area contributed by atoms with Crippen LogP contribution in [0, 0.1) is 23.0 Å². The molecule has 0 aliphatic heterocycles. The third-order valence-electron chi connectivity index (χ3n) is 1.50. The van der Waals surface area contributed by atoms with E-state index in [-0.39, 0.29) is 0 Å². The first-order chi connectivity index (χ1) is 6.49. The van der Waals surface area contributed by atoms with Crippen LogP contribution in [0.1, 0.15) is 15.9 Å². The van der Waals surface area contributed by atoms with Gasteiger partial charge in [-0.25, -0.2) is 13.6 Å². The SMILES string of the molecule is N#Cc1c(F)c(C(=O)O)cc(F)c1Cl. The molecule has 0 fully saturated rings. The number of rotatable bonds is 1. The molecule has 0 bridgehead atoms. The molecule has 0 aliphatic rings. The number of benzene rings is 1. The van der Waals surface area contributed by atoms with Crippen molar-refractivity contribution in [1.29, 1.82) is 5.26 Å². The zero-order valence-electron chi connectivity index (χ0n) is 6.51. The molecule has 3 nitrogen and oxygen atoms in total. The highest BCUT2D eigenvalue weighted by atomic mass is 35.5. The van der Waals surface area contributed by atoms with Gasteiger partial charge in [0.1, 0.15) is 17.4 Å². The summed E-state index contributed by atoms with van der Waals surface area (Å²) in [5.41, 5.74) is -1.72. The predicted molar refractivity (Wildman–Crippen MR) is 43.0 cm³/mol. The monoisotopic (exact) mass is 217 g/mol. The Kier molecular flexibility index (Phi) is 2.68. The van der Waals surface area contributed by atoms with E-state index in [1.54, 1.807) is 0 Å². The molecule has 1 aromatic carbocycles. The van der Waals surface area contributed by atoms with Gasteiger partial charge < -0.3 is 5.11 Å². The zero-order chi connectivity index (χ0) is 10.9. The van der Waals surface area contributed by atoms with Crippen molar-refractivity contribution in [3.8, 4) is 6.07 Å². The summed E-state index contributed by atoms with van der Waals surface area (Å²) in [6.07, 6.45) is 0. The zero-order valence-corrected chi connectivity index (χ0v) is 7.27. The number of hydrogen-bond donors (Lipinski definition) is 1. The Balaban J connectivity index is 3.61. The van der Waals surface area contributed by atoms with Crippen molar-refractivity contribution in [3.63, 3.8) is 0 Å². The molecule has 0 amide bonds. The lowest BCUT2D eigenvalue weighted by Crippen LogP contribution is -2.04. The summed E-state index contributed by atoms with van der Waals surface area (Å²) >= 11 is 5.24. The normalized spacial score (nSPS) is 9.57. The van der Waals surface area contributed by atoms with Crippen molar-refractivity contribution in [2.24, 2.45) is 0 Å². The van der Waals surface area contributed by atoms with Crippen LogP contribution in [0.25, 0.3) is 0 Å². The number of nitrogens with zero attached hydrogens (tertiary/aromatic N) is 1. The lowest BCUT2D eigenvalue weighted by atomic mass is 10.1. The Morgan fingerprint density at radius 1 is 1.57 bits per heavy atom. The molecule has 0 atom stereocenters. The Morgan fingerprint density at radius 2 is 2.14 bits per heavy atom. The van der Waals surface area contributed by atoms with Crippen molar-refractivity contribution in [3.05, 3.63) is 33.9 Å². The number of carbonyl (C=O) groups is 1. The van der Waals surface area contributed by atoms with Gasteiger partial charge in [-0.05, 0) is 6.07 Å². The van der Waals surface area contributed by atoms with Gasteiger partial charge in [0.2, 0.25) is 0 Å². The van der Waals surface area contributed by atoms with E-state index in [1.807, 2.05) is 0 Å². The molecular formula is C8H2ClF2NO2. The maximum atomic E-state index is 13.1. The number of aromatic carboxylic acids is 1. The fourth-order valence-corrected chi connectivity index (χ4v) is 1.04. The quantitative estimate of drug-likeness (QED) is 0.734. The van der Waals surface area contributed by atoms with Gasteiger partial charge in [-0.15, -0.1) is 0 Å². The van der Waals surface area contributed by atoms with Crippen molar-refractivity contribution in [2.75, 3.05) is 0 Å². The second-order valence-corrected chi connectivity index (χ2v) is 2.70. The molecular weight excluding hydrogens is 216 g/mol. The van der Waals surface area contributed by atoms with Crippen molar-refractivity contribution in [1.82, 2.24) is 0 Å². The summed E-state index contributed by atoms with van der Waals surface area (Å²) in [4.78, 5) is 10.4. The maximum Gasteiger partial charge on any atom is 0.338 e. The van der Waals surface area contributed by atoms with Gasteiger partial charge >= 0.3 is 5.97 Å². The van der Waals surface area contributed by atoms with Crippen LogP contribution < -0.4 is 0 Å². The van der Waals surface area contributed by atoms with Gasteiger partial charge in [0.05, 0.1) is 10.6 Å². The molecule has 0 aliphatic carbocycles. The molecule has 1 N–H and O–H groups in total. The third kappa shape index (κ3) is 1.52. The Hall–Kier alpha value is -1.67.